The van der Waals surface area contributed by atoms with E-state index in [1.165, 1.54) is 9.80 Å². The number of phenolic OH excluding ortho intramolecular Hbond substituents is 1. The molecule has 1 aromatic carbocycles. The van der Waals surface area contributed by atoms with Gasteiger partial charge in [-0.3, -0.25) is 38.6 Å². The summed E-state index contributed by atoms with van der Waals surface area (Å²) in [6, 6.07) is 3.69. The number of hydrogen-bond donors (Lipinski definition) is 3. The van der Waals surface area contributed by atoms with Gasteiger partial charge in [-0.2, -0.15) is 0 Å². The summed E-state index contributed by atoms with van der Waals surface area (Å²) in [5.74, 6) is -6.05. The summed E-state index contributed by atoms with van der Waals surface area (Å²) in [6.07, 6.45) is 5.79. The predicted molar refractivity (Wildman–Crippen MR) is 161 cm³/mol. The van der Waals surface area contributed by atoms with E-state index < -0.39 is 47.4 Å². The summed E-state index contributed by atoms with van der Waals surface area (Å²) < 4.78 is 0. The molecule has 6 atom stereocenters. The molecule has 6 unspecified atom stereocenters. The lowest BCUT2D eigenvalue weighted by Gasteiger charge is -2.44. The van der Waals surface area contributed by atoms with Crippen LogP contribution in [-0.2, 0) is 28.8 Å². The molecule has 45 heavy (non-hydrogen) atoms. The SMILES string of the molecule is Cc1cc(C2C3=CCC4C(=O)N(CCCCCC(=O)O)C(=O)C4C3CC3C(=O)N(CCCCCC(=O)O)C(=O)C32)cc(C)c1O. The Morgan fingerprint density at radius 3 is 1.76 bits per heavy atom. The number of carbonyl (C=O) groups excluding carboxylic acids is 4. The molecule has 11 heteroatoms. The van der Waals surface area contributed by atoms with Gasteiger partial charge in [0.25, 0.3) is 0 Å². The van der Waals surface area contributed by atoms with E-state index in [4.69, 9.17) is 10.2 Å². The zero-order valence-electron chi connectivity index (χ0n) is 25.9. The summed E-state index contributed by atoms with van der Waals surface area (Å²) in [5, 5.41) is 28.3. The van der Waals surface area contributed by atoms with Crippen LogP contribution in [0.2, 0.25) is 0 Å². The van der Waals surface area contributed by atoms with E-state index in [0.29, 0.717) is 56.1 Å². The van der Waals surface area contributed by atoms with Crippen LogP contribution >= 0.6 is 0 Å². The number of carboxylic acids is 2. The second-order valence-electron chi connectivity index (χ2n) is 13.1. The summed E-state index contributed by atoms with van der Waals surface area (Å²) >= 11 is 0. The van der Waals surface area contributed by atoms with E-state index in [1.54, 1.807) is 13.8 Å². The van der Waals surface area contributed by atoms with Gasteiger partial charge in [-0.15, -0.1) is 0 Å². The van der Waals surface area contributed by atoms with E-state index in [2.05, 4.69) is 0 Å². The van der Waals surface area contributed by atoms with Gasteiger partial charge in [0.15, 0.2) is 0 Å². The summed E-state index contributed by atoms with van der Waals surface area (Å²) in [7, 11) is 0. The zero-order valence-corrected chi connectivity index (χ0v) is 25.9. The summed E-state index contributed by atoms with van der Waals surface area (Å²) in [4.78, 5) is 79.6. The lowest BCUT2D eigenvalue weighted by atomic mass is 9.57. The lowest BCUT2D eigenvalue weighted by Crippen LogP contribution is -2.43. The lowest BCUT2D eigenvalue weighted by molar-refractivity contribution is -0.142. The van der Waals surface area contributed by atoms with Crippen LogP contribution < -0.4 is 0 Å². The van der Waals surface area contributed by atoms with Crippen LogP contribution in [0, 0.1) is 43.4 Å². The Balaban J connectivity index is 1.43. The zero-order chi connectivity index (χ0) is 32.6. The molecule has 4 amide bonds. The van der Waals surface area contributed by atoms with Crippen molar-refractivity contribution in [2.45, 2.75) is 84.0 Å². The minimum absolute atomic E-state index is 0.0270. The van der Waals surface area contributed by atoms with E-state index >= 15 is 0 Å². The van der Waals surface area contributed by atoms with E-state index in [1.807, 2.05) is 18.2 Å². The Morgan fingerprint density at radius 1 is 0.711 bits per heavy atom. The molecule has 0 bridgehead atoms. The molecular weight excluding hydrogens is 580 g/mol. The number of amides is 4. The van der Waals surface area contributed by atoms with Crippen molar-refractivity contribution in [2.75, 3.05) is 13.1 Å². The molecule has 0 aromatic heterocycles. The predicted octanol–water partition coefficient (Wildman–Crippen LogP) is 3.94. The number of imide groups is 2. The smallest absolute Gasteiger partial charge is 0.303 e. The van der Waals surface area contributed by atoms with Crippen LogP contribution in [0.4, 0.5) is 0 Å². The Kier molecular flexibility index (Phi) is 9.46. The van der Waals surface area contributed by atoms with Crippen LogP contribution in [0.3, 0.4) is 0 Å². The highest BCUT2D eigenvalue weighted by atomic mass is 16.4. The van der Waals surface area contributed by atoms with E-state index in [-0.39, 0.29) is 61.7 Å². The van der Waals surface area contributed by atoms with Gasteiger partial charge in [0, 0.05) is 31.8 Å². The van der Waals surface area contributed by atoms with Gasteiger partial charge in [0.1, 0.15) is 5.75 Å². The molecular formula is C34H42N2O9. The Bertz CT molecular complexity index is 1430. The maximum absolute atomic E-state index is 14.0. The van der Waals surface area contributed by atoms with Crippen molar-refractivity contribution >= 4 is 35.6 Å². The standard InChI is InChI=1S/C34H42N2O9/c1-18-15-20(16-19(2)30(18)41)27-21-11-12-22-28(33(44)35(31(22)42)13-7-3-5-9-25(37)38)23(21)17-24-29(27)34(45)36(32(24)43)14-8-4-6-10-26(39)40/h11,15-16,22-24,27-29,41H,3-10,12-14,17H2,1-2H3,(H,37,38)(H,39,40). The molecule has 2 saturated heterocycles. The minimum atomic E-state index is -0.887. The number of hydrogen-bond acceptors (Lipinski definition) is 7. The molecule has 3 fully saturated rings. The number of benzene rings is 1. The number of aliphatic carboxylic acids is 2. The first kappa shape index (κ1) is 32.4. The molecule has 1 aromatic rings. The second kappa shape index (κ2) is 13.1. The van der Waals surface area contributed by atoms with Crippen LogP contribution in [-0.4, -0.2) is 73.8 Å². The highest BCUT2D eigenvalue weighted by Crippen LogP contribution is 2.58. The second-order valence-corrected chi connectivity index (χ2v) is 13.1. The first-order chi connectivity index (χ1) is 21.4. The first-order valence-electron chi connectivity index (χ1n) is 16.1. The number of phenols is 1. The molecule has 5 rings (SSSR count). The normalized spacial score (nSPS) is 27.4. The molecule has 4 aliphatic rings. The quantitative estimate of drug-likeness (QED) is 0.168. The topological polar surface area (TPSA) is 170 Å². The number of aryl methyl sites for hydroxylation is 2. The third-order valence-electron chi connectivity index (χ3n) is 10.2. The Morgan fingerprint density at radius 2 is 1.22 bits per heavy atom. The van der Waals surface area contributed by atoms with Gasteiger partial charge < -0.3 is 15.3 Å². The number of carbonyl (C=O) groups is 6. The Labute approximate surface area is 262 Å². The van der Waals surface area contributed by atoms with Crippen LogP contribution in [0.25, 0.3) is 0 Å². The maximum atomic E-state index is 14.0. The Hall–Kier alpha value is -4.02. The number of aromatic hydroxyl groups is 1. The van der Waals surface area contributed by atoms with Gasteiger partial charge in [-0.1, -0.05) is 36.6 Å². The van der Waals surface area contributed by atoms with Gasteiger partial charge in [-0.25, -0.2) is 0 Å². The van der Waals surface area contributed by atoms with Crippen molar-refractivity contribution in [3.63, 3.8) is 0 Å². The summed E-state index contributed by atoms with van der Waals surface area (Å²) in [6.45, 7) is 4.00. The van der Waals surface area contributed by atoms with Crippen molar-refractivity contribution in [3.8, 4) is 5.75 Å². The van der Waals surface area contributed by atoms with Crippen molar-refractivity contribution < 1.29 is 44.1 Å². The van der Waals surface area contributed by atoms with Gasteiger partial charge in [0.05, 0.1) is 23.7 Å². The van der Waals surface area contributed by atoms with Gasteiger partial charge in [-0.05, 0) is 75.0 Å². The molecule has 1 saturated carbocycles. The fourth-order valence-corrected chi connectivity index (χ4v) is 8.15. The van der Waals surface area contributed by atoms with E-state index in [0.717, 1.165) is 11.1 Å². The third kappa shape index (κ3) is 6.13. The molecule has 2 aliphatic heterocycles. The summed E-state index contributed by atoms with van der Waals surface area (Å²) in [5.41, 5.74) is 2.98. The number of unbranched alkanes of at least 4 members (excludes halogenated alkanes) is 4. The monoisotopic (exact) mass is 622 g/mol. The largest absolute Gasteiger partial charge is 0.507 e. The minimum Gasteiger partial charge on any atom is -0.507 e. The van der Waals surface area contributed by atoms with Crippen molar-refractivity contribution in [3.05, 3.63) is 40.5 Å². The number of carboxylic acid groups (broad SMARTS) is 2. The highest BCUT2D eigenvalue weighted by Gasteiger charge is 2.61. The van der Waals surface area contributed by atoms with E-state index in [9.17, 15) is 33.9 Å². The van der Waals surface area contributed by atoms with Crippen LogP contribution in [0.1, 0.15) is 86.8 Å². The number of rotatable bonds is 13. The number of allylic oxidation sites excluding steroid dienone is 2. The van der Waals surface area contributed by atoms with Crippen molar-refractivity contribution in [1.82, 2.24) is 9.80 Å². The molecule has 11 nitrogen and oxygen atoms in total. The molecule has 3 N–H and O–H groups in total. The molecule has 2 heterocycles. The van der Waals surface area contributed by atoms with Gasteiger partial charge >= 0.3 is 11.9 Å². The van der Waals surface area contributed by atoms with Crippen LogP contribution in [0.5, 0.6) is 5.75 Å². The average molecular weight is 623 g/mol. The average Bonchev–Trinajstić information content (AvgIpc) is 3.37. The molecule has 0 radical (unpaired) electrons. The first-order valence-corrected chi connectivity index (χ1v) is 16.1. The third-order valence-corrected chi connectivity index (χ3v) is 10.2. The van der Waals surface area contributed by atoms with Crippen molar-refractivity contribution in [1.29, 1.82) is 0 Å². The maximum Gasteiger partial charge on any atom is 0.303 e. The molecule has 2 aliphatic carbocycles. The molecule has 0 spiro atoms. The van der Waals surface area contributed by atoms with Crippen molar-refractivity contribution in [2.24, 2.45) is 29.6 Å². The van der Waals surface area contributed by atoms with Crippen LogP contribution in [0.15, 0.2) is 23.8 Å². The fraction of sp³-hybridized carbons (Fsp3) is 0.588. The number of fused-ring (bicyclic) bond motifs is 4. The highest BCUT2D eigenvalue weighted by molar-refractivity contribution is 6.08. The number of likely N-dealkylation sites (tertiary alicyclic amines) is 2. The number of nitrogens with zero attached hydrogens (tertiary/aromatic N) is 2. The fourth-order valence-electron chi connectivity index (χ4n) is 8.15. The molecule has 242 valence electrons. The van der Waals surface area contributed by atoms with Gasteiger partial charge in [0.2, 0.25) is 23.6 Å².